The Morgan fingerprint density at radius 2 is 1.00 bits per heavy atom. The molecule has 5 heteroatoms. The number of hydrogen-bond donors (Lipinski definition) is 0. The van der Waals surface area contributed by atoms with E-state index in [-0.39, 0.29) is 0 Å². The summed E-state index contributed by atoms with van der Waals surface area (Å²) < 4.78 is 4.38. The van der Waals surface area contributed by atoms with Crippen LogP contribution in [0.15, 0.2) is 152 Å². The fraction of sp³-hybridized carbons (Fsp3) is 0. The minimum absolute atomic E-state index is 0.578. The van der Waals surface area contributed by atoms with Gasteiger partial charge in [-0.25, -0.2) is 0 Å². The van der Waals surface area contributed by atoms with Crippen molar-refractivity contribution in [2.75, 3.05) is 0 Å². The van der Waals surface area contributed by atoms with Crippen molar-refractivity contribution in [1.29, 1.82) is 15.8 Å². The molecule has 0 aliphatic carbocycles. The summed E-state index contributed by atoms with van der Waals surface area (Å²) in [5, 5.41) is 33.9. The van der Waals surface area contributed by atoms with Gasteiger partial charge in [0.1, 0.15) is 6.07 Å². The van der Waals surface area contributed by atoms with Crippen molar-refractivity contribution in [3.63, 3.8) is 0 Å². The molecule has 9 rings (SSSR count). The maximum Gasteiger partial charge on any atom is 0.101 e. The van der Waals surface area contributed by atoms with E-state index >= 15 is 0 Å². The first kappa shape index (κ1) is 28.8. The standard InChI is InChI=1S/C45H25N5/c46-26-29-16-22-43-40(23-29)39-21-15-30(27-47)24-44(39)49(43)35-9-5-7-33(25-35)31-17-19-32(20-18-31)36-12-6-8-34(28-48)45(36)50-41-13-3-1-10-37(41)38-11-2-4-14-42(38)50/h1-25H. The Morgan fingerprint density at radius 1 is 0.380 bits per heavy atom. The Labute approximate surface area is 287 Å². The van der Waals surface area contributed by atoms with Gasteiger partial charge >= 0.3 is 0 Å². The van der Waals surface area contributed by atoms with E-state index in [1.165, 1.54) is 0 Å². The minimum atomic E-state index is 0.578. The van der Waals surface area contributed by atoms with Crippen LogP contribution in [0.4, 0.5) is 0 Å². The van der Waals surface area contributed by atoms with Crippen LogP contribution >= 0.6 is 0 Å². The van der Waals surface area contributed by atoms with Gasteiger partial charge in [0.2, 0.25) is 0 Å². The SMILES string of the molecule is N#Cc1ccc2c(c1)c1ccc(C#N)cc1n2-c1cccc(-c2ccc(-c3cccc(C#N)c3-n3c4ccccc4c4ccccc43)cc2)c1. The molecule has 50 heavy (non-hydrogen) atoms. The summed E-state index contributed by atoms with van der Waals surface area (Å²) in [6.45, 7) is 0. The number of fused-ring (bicyclic) bond motifs is 6. The summed E-state index contributed by atoms with van der Waals surface area (Å²) in [4.78, 5) is 0. The van der Waals surface area contributed by atoms with Gasteiger partial charge in [-0.05, 0) is 77.4 Å². The van der Waals surface area contributed by atoms with Crippen molar-refractivity contribution in [2.45, 2.75) is 0 Å². The lowest BCUT2D eigenvalue weighted by molar-refractivity contribution is 1.17. The predicted molar refractivity (Wildman–Crippen MR) is 200 cm³/mol. The third kappa shape index (κ3) is 4.38. The Hall–Kier alpha value is -7.39. The lowest BCUT2D eigenvalue weighted by Crippen LogP contribution is -2.00. The first-order valence-corrected chi connectivity index (χ1v) is 16.3. The van der Waals surface area contributed by atoms with E-state index in [1.807, 2.05) is 66.7 Å². The molecule has 7 aromatic carbocycles. The number of rotatable bonds is 4. The number of aromatic nitrogens is 2. The average Bonchev–Trinajstić information content (AvgIpc) is 3.69. The third-order valence-electron chi connectivity index (χ3n) is 9.62. The summed E-state index contributed by atoms with van der Waals surface area (Å²) in [6, 6.07) is 57.9. The van der Waals surface area contributed by atoms with E-state index in [4.69, 9.17) is 0 Å². The second-order valence-electron chi connectivity index (χ2n) is 12.3. The normalized spacial score (nSPS) is 11.1. The van der Waals surface area contributed by atoms with Gasteiger partial charge in [0.05, 0.1) is 56.6 Å². The molecule has 0 radical (unpaired) electrons. The maximum absolute atomic E-state index is 10.3. The number of nitriles is 3. The summed E-state index contributed by atoms with van der Waals surface area (Å²) in [5.41, 5.74) is 11.7. The molecule has 0 atom stereocenters. The second kappa shape index (κ2) is 11.4. The van der Waals surface area contributed by atoms with Crippen molar-refractivity contribution in [3.05, 3.63) is 168 Å². The van der Waals surface area contributed by atoms with Gasteiger partial charge in [0.15, 0.2) is 0 Å². The molecule has 0 spiro atoms. The van der Waals surface area contributed by atoms with E-state index < -0.39 is 0 Å². The lowest BCUT2D eigenvalue weighted by atomic mass is 9.97. The van der Waals surface area contributed by atoms with E-state index in [2.05, 4.69) is 112 Å². The van der Waals surface area contributed by atoms with Crippen LogP contribution in [-0.2, 0) is 0 Å². The first-order chi connectivity index (χ1) is 24.7. The molecule has 0 unspecified atom stereocenters. The number of para-hydroxylation sites is 3. The van der Waals surface area contributed by atoms with Crippen LogP contribution in [0.3, 0.4) is 0 Å². The van der Waals surface area contributed by atoms with Gasteiger partial charge < -0.3 is 9.13 Å². The zero-order chi connectivity index (χ0) is 33.8. The number of benzene rings is 7. The highest BCUT2D eigenvalue weighted by Gasteiger charge is 2.19. The quantitative estimate of drug-likeness (QED) is 0.193. The molecule has 0 saturated heterocycles. The Balaban J connectivity index is 1.17. The monoisotopic (exact) mass is 635 g/mol. The topological polar surface area (TPSA) is 81.2 Å². The molecule has 0 saturated carbocycles. The summed E-state index contributed by atoms with van der Waals surface area (Å²) in [6.07, 6.45) is 0. The van der Waals surface area contributed by atoms with E-state index in [9.17, 15) is 15.8 Å². The molecule has 230 valence electrons. The fourth-order valence-electron chi connectivity index (χ4n) is 7.38. The van der Waals surface area contributed by atoms with Gasteiger partial charge in [-0.3, -0.25) is 0 Å². The van der Waals surface area contributed by atoms with Crippen molar-refractivity contribution in [3.8, 4) is 51.8 Å². The lowest BCUT2D eigenvalue weighted by Gasteiger charge is -2.16. The largest absolute Gasteiger partial charge is 0.309 e. The molecule has 2 heterocycles. The highest BCUT2D eigenvalue weighted by molar-refractivity contribution is 6.11. The second-order valence-corrected chi connectivity index (χ2v) is 12.3. The maximum atomic E-state index is 10.3. The molecule has 0 aliphatic heterocycles. The van der Waals surface area contributed by atoms with Crippen LogP contribution in [0.2, 0.25) is 0 Å². The van der Waals surface area contributed by atoms with Gasteiger partial charge in [-0.2, -0.15) is 15.8 Å². The molecule has 9 aromatic rings. The molecular weight excluding hydrogens is 611 g/mol. The molecule has 0 bridgehead atoms. The molecule has 2 aromatic heterocycles. The zero-order valence-electron chi connectivity index (χ0n) is 26.7. The summed E-state index contributed by atoms with van der Waals surface area (Å²) >= 11 is 0. The highest BCUT2D eigenvalue weighted by Crippen LogP contribution is 2.39. The van der Waals surface area contributed by atoms with Crippen molar-refractivity contribution >= 4 is 43.6 Å². The van der Waals surface area contributed by atoms with Gasteiger partial charge in [0.25, 0.3) is 0 Å². The highest BCUT2D eigenvalue weighted by atomic mass is 15.0. The molecule has 0 N–H and O–H groups in total. The third-order valence-corrected chi connectivity index (χ3v) is 9.62. The van der Waals surface area contributed by atoms with Crippen LogP contribution < -0.4 is 0 Å². The van der Waals surface area contributed by atoms with E-state index in [1.54, 1.807) is 0 Å². The number of nitrogens with zero attached hydrogens (tertiary/aromatic N) is 5. The first-order valence-electron chi connectivity index (χ1n) is 16.3. The molecule has 0 amide bonds. The van der Waals surface area contributed by atoms with Crippen LogP contribution in [0.1, 0.15) is 16.7 Å². The fourth-order valence-corrected chi connectivity index (χ4v) is 7.38. The predicted octanol–water partition coefficient (Wildman–Crippen LogP) is 10.8. The number of hydrogen-bond acceptors (Lipinski definition) is 3. The van der Waals surface area contributed by atoms with Gasteiger partial charge in [-0.1, -0.05) is 91.0 Å². The van der Waals surface area contributed by atoms with Gasteiger partial charge in [0, 0.05) is 32.8 Å². The average molecular weight is 636 g/mol. The van der Waals surface area contributed by atoms with Crippen molar-refractivity contribution in [1.82, 2.24) is 9.13 Å². The van der Waals surface area contributed by atoms with Crippen LogP contribution in [0.5, 0.6) is 0 Å². The zero-order valence-corrected chi connectivity index (χ0v) is 26.7. The van der Waals surface area contributed by atoms with Crippen molar-refractivity contribution in [2.24, 2.45) is 0 Å². The van der Waals surface area contributed by atoms with Gasteiger partial charge in [-0.15, -0.1) is 0 Å². The van der Waals surface area contributed by atoms with Crippen LogP contribution in [-0.4, -0.2) is 9.13 Å². The Morgan fingerprint density at radius 3 is 1.72 bits per heavy atom. The molecular formula is C45H25N5. The van der Waals surface area contributed by atoms with Crippen LogP contribution in [0.25, 0.3) is 77.2 Å². The minimum Gasteiger partial charge on any atom is -0.309 e. The molecule has 0 fully saturated rings. The van der Waals surface area contributed by atoms with Crippen molar-refractivity contribution < 1.29 is 0 Å². The summed E-state index contributed by atoms with van der Waals surface area (Å²) in [7, 11) is 0. The Bertz CT molecular complexity index is 2900. The molecule has 0 aliphatic rings. The van der Waals surface area contributed by atoms with E-state index in [0.29, 0.717) is 16.7 Å². The smallest absolute Gasteiger partial charge is 0.101 e. The summed E-state index contributed by atoms with van der Waals surface area (Å²) in [5.74, 6) is 0. The molecule has 5 nitrogen and oxygen atoms in total. The van der Waals surface area contributed by atoms with Crippen LogP contribution in [0, 0.1) is 34.0 Å². The van der Waals surface area contributed by atoms with E-state index in [0.717, 1.165) is 77.2 Å². The Kier molecular flexibility index (Phi) is 6.56.